The van der Waals surface area contributed by atoms with Crippen molar-refractivity contribution in [2.45, 2.75) is 13.8 Å². The highest BCUT2D eigenvalue weighted by Crippen LogP contribution is 2.21. The van der Waals surface area contributed by atoms with Crippen molar-refractivity contribution in [1.82, 2.24) is 20.0 Å². The number of aromatic nitrogens is 4. The molecule has 0 atom stereocenters. The van der Waals surface area contributed by atoms with Crippen LogP contribution in [0.1, 0.15) is 21.5 Å². The molecule has 6 nitrogen and oxygen atoms in total. The van der Waals surface area contributed by atoms with Gasteiger partial charge in [0.2, 0.25) is 0 Å². The second kappa shape index (κ2) is 5.40. The first-order valence-corrected chi connectivity index (χ1v) is 6.74. The standard InChI is InChI=1S/C16H14N4O2/c1-10-6-13(7-14(11(10)2)16(21)22)20-9-15(18-19-20)12-4-3-5-17-8-12/h3-9H,1-2H3,(H,21,22). The van der Waals surface area contributed by atoms with Crippen LogP contribution in [0.4, 0.5) is 0 Å². The van der Waals surface area contributed by atoms with Crippen molar-refractivity contribution in [2.24, 2.45) is 0 Å². The number of nitrogens with zero attached hydrogens (tertiary/aromatic N) is 4. The monoisotopic (exact) mass is 294 g/mol. The molecule has 0 unspecified atom stereocenters. The second-order valence-electron chi connectivity index (χ2n) is 5.03. The fraction of sp³-hybridized carbons (Fsp3) is 0.125. The molecule has 0 bridgehead atoms. The predicted octanol–water partition coefficient (Wildman–Crippen LogP) is 2.64. The summed E-state index contributed by atoms with van der Waals surface area (Å²) >= 11 is 0. The number of hydrogen-bond acceptors (Lipinski definition) is 4. The molecule has 1 aromatic carbocycles. The van der Waals surface area contributed by atoms with E-state index >= 15 is 0 Å². The van der Waals surface area contributed by atoms with Crippen LogP contribution < -0.4 is 0 Å². The molecule has 6 heteroatoms. The van der Waals surface area contributed by atoms with Gasteiger partial charge in [0.05, 0.1) is 17.4 Å². The van der Waals surface area contributed by atoms with Crippen LogP contribution in [0, 0.1) is 13.8 Å². The Labute approximate surface area is 127 Å². The summed E-state index contributed by atoms with van der Waals surface area (Å²) < 4.78 is 1.57. The summed E-state index contributed by atoms with van der Waals surface area (Å²) in [7, 11) is 0. The lowest BCUT2D eigenvalue weighted by atomic mass is 10.0. The van der Waals surface area contributed by atoms with E-state index in [0.29, 0.717) is 11.4 Å². The molecular formula is C16H14N4O2. The van der Waals surface area contributed by atoms with Gasteiger partial charge in [-0.3, -0.25) is 4.98 Å². The zero-order valence-electron chi connectivity index (χ0n) is 12.2. The zero-order valence-corrected chi connectivity index (χ0v) is 12.2. The van der Waals surface area contributed by atoms with E-state index in [9.17, 15) is 9.90 Å². The maximum atomic E-state index is 11.3. The molecule has 0 radical (unpaired) electrons. The number of rotatable bonds is 3. The lowest BCUT2D eigenvalue weighted by Gasteiger charge is -2.08. The van der Waals surface area contributed by atoms with Gasteiger partial charge >= 0.3 is 5.97 Å². The highest BCUT2D eigenvalue weighted by Gasteiger charge is 2.13. The summed E-state index contributed by atoms with van der Waals surface area (Å²) in [4.78, 5) is 15.4. The molecule has 3 aromatic rings. The Bertz CT molecular complexity index is 841. The highest BCUT2D eigenvalue weighted by atomic mass is 16.4. The molecule has 3 rings (SSSR count). The summed E-state index contributed by atoms with van der Waals surface area (Å²) in [6.45, 7) is 3.68. The van der Waals surface area contributed by atoms with Crippen LogP contribution in [0.5, 0.6) is 0 Å². The maximum Gasteiger partial charge on any atom is 0.336 e. The molecule has 0 amide bonds. The Morgan fingerprint density at radius 3 is 2.77 bits per heavy atom. The third-order valence-electron chi connectivity index (χ3n) is 3.60. The minimum Gasteiger partial charge on any atom is -0.478 e. The van der Waals surface area contributed by atoms with Crippen molar-refractivity contribution in [1.29, 1.82) is 0 Å². The number of pyridine rings is 1. The van der Waals surface area contributed by atoms with E-state index < -0.39 is 5.97 Å². The van der Waals surface area contributed by atoms with E-state index in [0.717, 1.165) is 16.7 Å². The molecule has 0 aliphatic heterocycles. The molecule has 0 saturated heterocycles. The molecule has 110 valence electrons. The van der Waals surface area contributed by atoms with Crippen molar-refractivity contribution < 1.29 is 9.90 Å². The highest BCUT2D eigenvalue weighted by molar-refractivity contribution is 5.90. The van der Waals surface area contributed by atoms with Crippen LogP contribution >= 0.6 is 0 Å². The molecule has 0 saturated carbocycles. The molecule has 0 fully saturated rings. The van der Waals surface area contributed by atoms with E-state index in [4.69, 9.17) is 0 Å². The van der Waals surface area contributed by atoms with Crippen molar-refractivity contribution >= 4 is 5.97 Å². The Morgan fingerprint density at radius 2 is 2.09 bits per heavy atom. The number of carboxylic acids is 1. The maximum absolute atomic E-state index is 11.3. The van der Waals surface area contributed by atoms with Gasteiger partial charge in [0.1, 0.15) is 5.69 Å². The van der Waals surface area contributed by atoms with Crippen LogP contribution in [0.25, 0.3) is 16.9 Å². The van der Waals surface area contributed by atoms with Crippen LogP contribution in [0.3, 0.4) is 0 Å². The van der Waals surface area contributed by atoms with Gasteiger partial charge in [-0.05, 0) is 49.2 Å². The van der Waals surface area contributed by atoms with Gasteiger partial charge in [-0.1, -0.05) is 5.21 Å². The summed E-state index contributed by atoms with van der Waals surface area (Å²) in [5.41, 5.74) is 4.13. The zero-order chi connectivity index (χ0) is 15.7. The number of hydrogen-bond donors (Lipinski definition) is 1. The van der Waals surface area contributed by atoms with Crippen molar-refractivity contribution in [3.63, 3.8) is 0 Å². The van der Waals surface area contributed by atoms with Crippen molar-refractivity contribution in [2.75, 3.05) is 0 Å². The van der Waals surface area contributed by atoms with E-state index in [1.54, 1.807) is 36.3 Å². The van der Waals surface area contributed by atoms with Crippen molar-refractivity contribution in [3.8, 4) is 16.9 Å². The number of benzene rings is 1. The van der Waals surface area contributed by atoms with Crippen LogP contribution in [-0.4, -0.2) is 31.1 Å². The fourth-order valence-electron chi connectivity index (χ4n) is 2.23. The van der Waals surface area contributed by atoms with Gasteiger partial charge in [0.25, 0.3) is 0 Å². The lowest BCUT2D eigenvalue weighted by molar-refractivity contribution is 0.0696. The first-order valence-electron chi connectivity index (χ1n) is 6.74. The molecule has 2 aromatic heterocycles. The summed E-state index contributed by atoms with van der Waals surface area (Å²) in [5.74, 6) is -0.949. The van der Waals surface area contributed by atoms with Crippen LogP contribution in [0.15, 0.2) is 42.9 Å². The fourth-order valence-corrected chi connectivity index (χ4v) is 2.23. The average Bonchev–Trinajstić information content (AvgIpc) is 3.00. The second-order valence-corrected chi connectivity index (χ2v) is 5.03. The third-order valence-corrected chi connectivity index (χ3v) is 3.60. The van der Waals surface area contributed by atoms with Crippen molar-refractivity contribution in [3.05, 3.63) is 59.5 Å². The van der Waals surface area contributed by atoms with Gasteiger partial charge in [-0.25, -0.2) is 9.48 Å². The van der Waals surface area contributed by atoms with E-state index in [1.165, 1.54) is 0 Å². The van der Waals surface area contributed by atoms with E-state index in [2.05, 4.69) is 15.3 Å². The Hall–Kier alpha value is -3.02. The molecule has 22 heavy (non-hydrogen) atoms. The molecular weight excluding hydrogens is 280 g/mol. The Kier molecular flexibility index (Phi) is 3.42. The molecule has 0 aliphatic carbocycles. The lowest BCUT2D eigenvalue weighted by Crippen LogP contribution is -2.05. The van der Waals surface area contributed by atoms with Gasteiger partial charge in [0.15, 0.2) is 0 Å². The van der Waals surface area contributed by atoms with Gasteiger partial charge in [0, 0.05) is 18.0 Å². The Morgan fingerprint density at radius 1 is 1.27 bits per heavy atom. The molecule has 0 aliphatic rings. The topological polar surface area (TPSA) is 80.9 Å². The van der Waals surface area contributed by atoms with Gasteiger partial charge in [-0.15, -0.1) is 5.10 Å². The predicted molar refractivity (Wildman–Crippen MR) is 81.0 cm³/mol. The van der Waals surface area contributed by atoms with Gasteiger partial charge < -0.3 is 5.11 Å². The summed E-state index contributed by atoms with van der Waals surface area (Å²) in [6.07, 6.45) is 5.15. The number of carbonyl (C=O) groups is 1. The van der Waals surface area contributed by atoms with Crippen LogP contribution in [-0.2, 0) is 0 Å². The van der Waals surface area contributed by atoms with E-state index in [1.807, 2.05) is 25.1 Å². The summed E-state index contributed by atoms with van der Waals surface area (Å²) in [6, 6.07) is 7.22. The average molecular weight is 294 g/mol. The summed E-state index contributed by atoms with van der Waals surface area (Å²) in [5, 5.41) is 17.5. The molecule has 0 spiro atoms. The number of aromatic carboxylic acids is 1. The SMILES string of the molecule is Cc1cc(-n2cc(-c3cccnc3)nn2)cc(C(=O)O)c1C. The first-order chi connectivity index (χ1) is 10.6. The Balaban J connectivity index is 2.06. The normalized spacial score (nSPS) is 10.6. The van der Waals surface area contributed by atoms with Gasteiger partial charge in [-0.2, -0.15) is 0 Å². The van der Waals surface area contributed by atoms with Crippen LogP contribution in [0.2, 0.25) is 0 Å². The first kappa shape index (κ1) is 13.9. The third kappa shape index (κ3) is 2.46. The largest absolute Gasteiger partial charge is 0.478 e. The minimum atomic E-state index is -0.949. The molecule has 2 heterocycles. The van der Waals surface area contributed by atoms with E-state index in [-0.39, 0.29) is 5.56 Å². The number of carboxylic acid groups (broad SMARTS) is 1. The smallest absolute Gasteiger partial charge is 0.336 e. The number of aryl methyl sites for hydroxylation is 1. The molecule has 1 N–H and O–H groups in total. The minimum absolute atomic E-state index is 0.272. The quantitative estimate of drug-likeness (QED) is 0.803.